The molecule has 1 aromatic rings. The number of carbonyl (C=O) groups is 1. The van der Waals surface area contributed by atoms with Gasteiger partial charge < -0.3 is 16.4 Å². The van der Waals surface area contributed by atoms with Crippen LogP contribution in [0.15, 0.2) is 18.2 Å². The highest BCUT2D eigenvalue weighted by molar-refractivity contribution is 5.80. The monoisotopic (exact) mass is 280 g/mol. The summed E-state index contributed by atoms with van der Waals surface area (Å²) in [6, 6.07) is 4.50. The fourth-order valence-corrected chi connectivity index (χ4v) is 1.63. The van der Waals surface area contributed by atoms with Crippen LogP contribution < -0.4 is 16.4 Å². The average Bonchev–Trinajstić information content (AvgIpc) is 2.39. The van der Waals surface area contributed by atoms with E-state index in [9.17, 15) is 14.9 Å². The van der Waals surface area contributed by atoms with Gasteiger partial charge in [0.1, 0.15) is 5.69 Å². The van der Waals surface area contributed by atoms with Crippen LogP contribution in [0.5, 0.6) is 0 Å². The predicted molar refractivity (Wildman–Crippen MR) is 77.6 cm³/mol. The summed E-state index contributed by atoms with van der Waals surface area (Å²) in [6.45, 7) is 4.43. The number of benzene rings is 1. The van der Waals surface area contributed by atoms with Gasteiger partial charge in [-0.15, -0.1) is 0 Å². The molecule has 1 rings (SSSR count). The van der Waals surface area contributed by atoms with Crippen molar-refractivity contribution in [2.75, 3.05) is 18.4 Å². The van der Waals surface area contributed by atoms with Crippen molar-refractivity contribution in [1.29, 1.82) is 0 Å². The number of carbonyl (C=O) groups excluding carboxylic acids is 1. The van der Waals surface area contributed by atoms with E-state index in [0.717, 1.165) is 5.56 Å². The fraction of sp³-hybridized carbons (Fsp3) is 0.462. The summed E-state index contributed by atoms with van der Waals surface area (Å²) in [7, 11) is 0. The number of nitrogens with two attached hydrogens (primary N) is 1. The largest absolute Gasteiger partial charge is 0.379 e. The Kier molecular flexibility index (Phi) is 5.92. The Labute approximate surface area is 117 Å². The Morgan fingerprint density at radius 2 is 2.15 bits per heavy atom. The van der Waals surface area contributed by atoms with Gasteiger partial charge in [0, 0.05) is 19.2 Å². The molecule has 1 aromatic carbocycles. The maximum Gasteiger partial charge on any atom is 0.292 e. The first-order valence-corrected chi connectivity index (χ1v) is 6.44. The highest BCUT2D eigenvalue weighted by Crippen LogP contribution is 2.24. The first-order chi connectivity index (χ1) is 9.41. The zero-order valence-corrected chi connectivity index (χ0v) is 11.7. The lowest BCUT2D eigenvalue weighted by atomic mass is 10.2. The highest BCUT2D eigenvalue weighted by atomic mass is 16.6. The molecule has 0 radical (unpaired) electrons. The molecule has 7 nitrogen and oxygen atoms in total. The molecular formula is C13H20N4O3. The highest BCUT2D eigenvalue weighted by Gasteiger charge is 2.13. The molecule has 0 fully saturated rings. The number of anilines is 1. The minimum Gasteiger partial charge on any atom is -0.379 e. The molecule has 7 heteroatoms. The number of hydrogen-bond donors (Lipinski definition) is 3. The molecule has 20 heavy (non-hydrogen) atoms. The van der Waals surface area contributed by atoms with E-state index in [-0.39, 0.29) is 11.6 Å². The number of aryl methyl sites for hydroxylation is 1. The SMILES string of the molecule is Cc1ccc(NCCCNC(=O)[C@H](C)N)c([N+](=O)[O-])c1. The van der Waals surface area contributed by atoms with Crippen LogP contribution in [0, 0.1) is 17.0 Å². The minimum absolute atomic E-state index is 0.0598. The van der Waals surface area contributed by atoms with E-state index in [1.54, 1.807) is 19.9 Å². The van der Waals surface area contributed by atoms with E-state index in [2.05, 4.69) is 10.6 Å². The molecule has 0 aliphatic heterocycles. The second kappa shape index (κ2) is 7.44. The molecule has 0 saturated heterocycles. The van der Waals surface area contributed by atoms with Gasteiger partial charge in [0.25, 0.3) is 5.69 Å². The number of nitrogens with zero attached hydrogens (tertiary/aromatic N) is 1. The second-order valence-corrected chi connectivity index (χ2v) is 4.64. The van der Waals surface area contributed by atoms with E-state index < -0.39 is 11.0 Å². The molecule has 1 atom stereocenters. The lowest BCUT2D eigenvalue weighted by Crippen LogP contribution is -2.39. The van der Waals surface area contributed by atoms with E-state index in [1.807, 2.05) is 6.07 Å². The molecule has 0 saturated carbocycles. The second-order valence-electron chi connectivity index (χ2n) is 4.64. The van der Waals surface area contributed by atoms with Gasteiger partial charge in [0.05, 0.1) is 11.0 Å². The van der Waals surface area contributed by atoms with Crippen LogP contribution in [0.4, 0.5) is 11.4 Å². The van der Waals surface area contributed by atoms with Crippen LogP contribution in [-0.4, -0.2) is 30.0 Å². The normalized spacial score (nSPS) is 11.8. The topological polar surface area (TPSA) is 110 Å². The molecule has 4 N–H and O–H groups in total. The van der Waals surface area contributed by atoms with Crippen LogP contribution in [0.1, 0.15) is 18.9 Å². The number of nitrogens with one attached hydrogen (secondary N) is 2. The fourth-order valence-electron chi connectivity index (χ4n) is 1.63. The van der Waals surface area contributed by atoms with Gasteiger partial charge in [-0.05, 0) is 31.9 Å². The Hall–Kier alpha value is -2.15. The van der Waals surface area contributed by atoms with Crippen molar-refractivity contribution in [1.82, 2.24) is 5.32 Å². The smallest absolute Gasteiger partial charge is 0.292 e. The third kappa shape index (κ3) is 4.85. The number of nitro groups is 1. The Morgan fingerprint density at radius 3 is 2.75 bits per heavy atom. The zero-order valence-electron chi connectivity index (χ0n) is 11.7. The molecule has 0 aliphatic carbocycles. The standard InChI is InChI=1S/C13H20N4O3/c1-9-4-5-11(12(8-9)17(19)20)15-6-3-7-16-13(18)10(2)14/h4-5,8,10,15H,3,6-7,14H2,1-2H3,(H,16,18)/t10-/m0/s1. The van der Waals surface area contributed by atoms with Gasteiger partial charge in [-0.1, -0.05) is 6.07 Å². The van der Waals surface area contributed by atoms with Crippen molar-refractivity contribution in [2.45, 2.75) is 26.3 Å². The van der Waals surface area contributed by atoms with E-state index in [0.29, 0.717) is 25.2 Å². The number of hydrogen-bond acceptors (Lipinski definition) is 5. The summed E-state index contributed by atoms with van der Waals surface area (Å²) in [4.78, 5) is 21.7. The molecule has 0 aliphatic rings. The van der Waals surface area contributed by atoms with Crippen molar-refractivity contribution >= 4 is 17.3 Å². The van der Waals surface area contributed by atoms with E-state index in [1.165, 1.54) is 6.07 Å². The zero-order chi connectivity index (χ0) is 15.1. The molecule has 0 aromatic heterocycles. The predicted octanol–water partition coefficient (Wildman–Crippen LogP) is 1.17. The number of rotatable bonds is 7. The number of nitro benzene ring substituents is 1. The third-order valence-electron chi connectivity index (χ3n) is 2.73. The van der Waals surface area contributed by atoms with Crippen molar-refractivity contribution in [3.63, 3.8) is 0 Å². The summed E-state index contributed by atoms with van der Waals surface area (Å²) in [5, 5.41) is 16.6. The lowest BCUT2D eigenvalue weighted by molar-refractivity contribution is -0.384. The number of amides is 1. The summed E-state index contributed by atoms with van der Waals surface area (Å²) < 4.78 is 0. The van der Waals surface area contributed by atoms with Crippen LogP contribution in [0.3, 0.4) is 0 Å². The van der Waals surface area contributed by atoms with Crippen molar-refractivity contribution in [2.24, 2.45) is 5.73 Å². The Morgan fingerprint density at radius 1 is 1.45 bits per heavy atom. The summed E-state index contributed by atoms with van der Waals surface area (Å²) in [5.74, 6) is -0.202. The van der Waals surface area contributed by atoms with Crippen LogP contribution in [0.25, 0.3) is 0 Å². The third-order valence-corrected chi connectivity index (χ3v) is 2.73. The Balaban J connectivity index is 2.43. The van der Waals surface area contributed by atoms with Crippen molar-refractivity contribution in [3.8, 4) is 0 Å². The molecule has 0 heterocycles. The minimum atomic E-state index is -0.527. The first-order valence-electron chi connectivity index (χ1n) is 6.44. The van der Waals surface area contributed by atoms with Crippen LogP contribution in [0.2, 0.25) is 0 Å². The van der Waals surface area contributed by atoms with Gasteiger partial charge in [-0.2, -0.15) is 0 Å². The van der Waals surface area contributed by atoms with Crippen molar-refractivity contribution in [3.05, 3.63) is 33.9 Å². The van der Waals surface area contributed by atoms with Gasteiger partial charge in [0.15, 0.2) is 0 Å². The van der Waals surface area contributed by atoms with Crippen LogP contribution >= 0.6 is 0 Å². The van der Waals surface area contributed by atoms with E-state index >= 15 is 0 Å². The molecular weight excluding hydrogens is 260 g/mol. The molecule has 1 amide bonds. The first kappa shape index (κ1) is 15.9. The molecule has 0 spiro atoms. The molecule has 0 unspecified atom stereocenters. The summed E-state index contributed by atoms with van der Waals surface area (Å²) in [6.07, 6.45) is 0.656. The average molecular weight is 280 g/mol. The lowest BCUT2D eigenvalue weighted by Gasteiger charge is -2.09. The Bertz CT molecular complexity index is 489. The van der Waals surface area contributed by atoms with Crippen LogP contribution in [-0.2, 0) is 4.79 Å². The van der Waals surface area contributed by atoms with Gasteiger partial charge in [-0.25, -0.2) is 0 Å². The molecule has 110 valence electrons. The van der Waals surface area contributed by atoms with E-state index in [4.69, 9.17) is 5.73 Å². The van der Waals surface area contributed by atoms with Gasteiger partial charge in [-0.3, -0.25) is 14.9 Å². The van der Waals surface area contributed by atoms with Gasteiger partial charge in [0.2, 0.25) is 5.91 Å². The molecule has 0 bridgehead atoms. The maximum absolute atomic E-state index is 11.2. The quantitative estimate of drug-likeness (QED) is 0.394. The van der Waals surface area contributed by atoms with Crippen molar-refractivity contribution < 1.29 is 9.72 Å². The summed E-state index contributed by atoms with van der Waals surface area (Å²) >= 11 is 0. The maximum atomic E-state index is 11.2. The summed E-state index contributed by atoms with van der Waals surface area (Å²) in [5.41, 5.74) is 6.79. The van der Waals surface area contributed by atoms with Gasteiger partial charge >= 0.3 is 0 Å².